The third-order valence-corrected chi connectivity index (χ3v) is 4.38. The van der Waals surface area contributed by atoms with E-state index >= 15 is 0 Å². The van der Waals surface area contributed by atoms with Crippen LogP contribution in [0.4, 0.5) is 5.82 Å². The second-order valence-corrected chi connectivity index (χ2v) is 6.43. The molecule has 1 aliphatic heterocycles. The minimum absolute atomic E-state index is 0.102. The predicted molar refractivity (Wildman–Crippen MR) is 96.6 cm³/mol. The summed E-state index contributed by atoms with van der Waals surface area (Å²) in [7, 11) is 0. The van der Waals surface area contributed by atoms with Crippen LogP contribution in [0.25, 0.3) is 0 Å². The van der Waals surface area contributed by atoms with Gasteiger partial charge in [-0.15, -0.1) is 0 Å². The number of aromatic nitrogens is 3. The van der Waals surface area contributed by atoms with E-state index in [1.165, 1.54) is 0 Å². The first-order valence-electron chi connectivity index (χ1n) is 7.90. The number of ether oxygens (including phenoxy) is 1. The van der Waals surface area contributed by atoms with E-state index < -0.39 is 0 Å². The quantitative estimate of drug-likeness (QED) is 0.632. The fourth-order valence-corrected chi connectivity index (χ4v) is 3.09. The lowest BCUT2D eigenvalue weighted by Crippen LogP contribution is -2.40. The van der Waals surface area contributed by atoms with Crippen LogP contribution in [0, 0.1) is 0 Å². The van der Waals surface area contributed by atoms with Crippen molar-refractivity contribution in [3.8, 4) is 5.75 Å². The third kappa shape index (κ3) is 3.28. The Morgan fingerprint density at radius 1 is 1.08 bits per heavy atom. The number of fused-ring (bicyclic) bond motifs is 1. The number of carbonyl (C=O) groups excluding carboxylic acids is 1. The molecule has 0 bridgehead atoms. The maximum Gasteiger partial charge on any atom is 0.277 e. The van der Waals surface area contributed by atoms with E-state index in [4.69, 9.17) is 4.74 Å². The molecular weight excluding hydrogens is 384 g/mol. The number of hydrogen-bond donors (Lipinski definition) is 0. The second-order valence-electron chi connectivity index (χ2n) is 5.62. The first-order chi connectivity index (χ1) is 12.2. The summed E-state index contributed by atoms with van der Waals surface area (Å²) in [6, 6.07) is 16.9. The summed E-state index contributed by atoms with van der Waals surface area (Å²) in [6.07, 6.45) is 0. The maximum absolute atomic E-state index is 12.8. The van der Waals surface area contributed by atoms with Crippen LogP contribution >= 0.6 is 15.9 Å². The second kappa shape index (κ2) is 6.68. The highest BCUT2D eigenvalue weighted by Gasteiger charge is 2.28. The predicted octanol–water partition coefficient (Wildman–Crippen LogP) is 3.28. The lowest BCUT2D eigenvalue weighted by molar-refractivity contribution is 0.0961. The summed E-state index contributed by atoms with van der Waals surface area (Å²) in [5.74, 6) is 1.31. The molecule has 3 heterocycles. The molecule has 0 radical (unpaired) electrons. The average Bonchev–Trinajstić information content (AvgIpc) is 3.05. The highest BCUT2D eigenvalue weighted by Crippen LogP contribution is 2.22. The topological polar surface area (TPSA) is 60.2 Å². The summed E-state index contributed by atoms with van der Waals surface area (Å²) in [6.45, 7) is 1.49. The van der Waals surface area contributed by atoms with Crippen molar-refractivity contribution in [2.45, 2.75) is 13.2 Å². The van der Waals surface area contributed by atoms with Gasteiger partial charge in [0.1, 0.15) is 34.2 Å². The molecule has 3 aromatic rings. The number of benzene rings is 1. The zero-order valence-electron chi connectivity index (χ0n) is 13.3. The zero-order valence-corrected chi connectivity index (χ0v) is 14.9. The van der Waals surface area contributed by atoms with Crippen LogP contribution in [0.1, 0.15) is 16.2 Å². The van der Waals surface area contributed by atoms with Crippen molar-refractivity contribution in [3.63, 3.8) is 0 Å². The van der Waals surface area contributed by atoms with Crippen molar-refractivity contribution >= 4 is 27.7 Å². The van der Waals surface area contributed by atoms with Gasteiger partial charge in [-0.2, -0.15) is 5.10 Å². The minimum Gasteiger partial charge on any atom is -0.487 e. The van der Waals surface area contributed by atoms with Crippen LogP contribution in [0.5, 0.6) is 5.75 Å². The van der Waals surface area contributed by atoms with E-state index in [1.807, 2.05) is 48.5 Å². The molecule has 25 heavy (non-hydrogen) atoms. The van der Waals surface area contributed by atoms with Gasteiger partial charge in [0.15, 0.2) is 0 Å². The van der Waals surface area contributed by atoms with Gasteiger partial charge < -0.3 is 4.74 Å². The smallest absolute Gasteiger partial charge is 0.277 e. The molecule has 0 atom stereocenters. The van der Waals surface area contributed by atoms with Gasteiger partial charge in [-0.05, 0) is 46.3 Å². The number of hydrogen-bond acceptors (Lipinski definition) is 4. The number of pyridine rings is 1. The van der Waals surface area contributed by atoms with E-state index in [0.29, 0.717) is 35.8 Å². The van der Waals surface area contributed by atoms with E-state index in [2.05, 4.69) is 26.0 Å². The Morgan fingerprint density at radius 2 is 1.92 bits per heavy atom. The van der Waals surface area contributed by atoms with Crippen molar-refractivity contribution in [2.24, 2.45) is 0 Å². The summed E-state index contributed by atoms with van der Waals surface area (Å²) in [4.78, 5) is 18.8. The first-order valence-corrected chi connectivity index (χ1v) is 8.69. The van der Waals surface area contributed by atoms with Crippen LogP contribution in [-0.2, 0) is 13.2 Å². The third-order valence-electron chi connectivity index (χ3n) is 3.94. The molecule has 126 valence electrons. The monoisotopic (exact) mass is 398 g/mol. The fourth-order valence-electron chi connectivity index (χ4n) is 2.76. The van der Waals surface area contributed by atoms with Gasteiger partial charge in [0.25, 0.3) is 5.91 Å². The summed E-state index contributed by atoms with van der Waals surface area (Å²) >= 11 is 3.34. The molecule has 0 saturated heterocycles. The number of rotatable bonds is 4. The first kappa shape index (κ1) is 15.8. The summed E-state index contributed by atoms with van der Waals surface area (Å²) in [5, 5.41) is 4.48. The average molecular weight is 399 g/mol. The molecule has 0 saturated carbocycles. The van der Waals surface area contributed by atoms with E-state index in [1.54, 1.807) is 15.6 Å². The fraction of sp³-hybridized carbons (Fsp3) is 0.167. The molecule has 0 N–H and O–H groups in total. The highest BCUT2D eigenvalue weighted by molar-refractivity contribution is 9.10. The number of para-hydroxylation sites is 1. The summed E-state index contributed by atoms with van der Waals surface area (Å²) < 4.78 is 8.15. The molecule has 1 amide bonds. The number of anilines is 1. The van der Waals surface area contributed by atoms with Crippen LogP contribution < -0.4 is 9.64 Å². The van der Waals surface area contributed by atoms with Crippen LogP contribution in [0.2, 0.25) is 0 Å². The van der Waals surface area contributed by atoms with Crippen molar-refractivity contribution in [2.75, 3.05) is 11.4 Å². The Morgan fingerprint density at radius 3 is 2.72 bits per heavy atom. The Balaban J connectivity index is 1.53. The van der Waals surface area contributed by atoms with E-state index in [9.17, 15) is 4.79 Å². The lowest BCUT2D eigenvalue weighted by Gasteiger charge is -2.26. The van der Waals surface area contributed by atoms with Gasteiger partial charge in [-0.25, -0.2) is 4.98 Å². The number of carbonyl (C=O) groups is 1. The minimum atomic E-state index is -0.102. The van der Waals surface area contributed by atoms with Gasteiger partial charge >= 0.3 is 0 Å². The SMILES string of the molecule is O=C1c2cc(COc3ccccc3)nn2CCN1c1cccc(Br)n1. The lowest BCUT2D eigenvalue weighted by atomic mass is 10.2. The number of halogens is 1. The van der Waals surface area contributed by atoms with Gasteiger partial charge in [-0.3, -0.25) is 14.4 Å². The Hall–Kier alpha value is -2.67. The standard InChI is InChI=1S/C18H15BrN4O2/c19-16-7-4-8-17(20-16)22-9-10-23-15(18(22)24)11-13(21-23)12-25-14-5-2-1-3-6-14/h1-8,11H,9-10,12H2. The Kier molecular flexibility index (Phi) is 4.23. The number of nitrogens with zero attached hydrogens (tertiary/aromatic N) is 4. The van der Waals surface area contributed by atoms with Gasteiger partial charge in [0.2, 0.25) is 0 Å². The van der Waals surface area contributed by atoms with Crippen molar-refractivity contribution in [1.29, 1.82) is 0 Å². The van der Waals surface area contributed by atoms with Gasteiger partial charge in [0, 0.05) is 6.54 Å². The van der Waals surface area contributed by atoms with Crippen LogP contribution in [0.3, 0.4) is 0 Å². The molecule has 4 rings (SSSR count). The summed E-state index contributed by atoms with van der Waals surface area (Å²) in [5.41, 5.74) is 1.29. The molecule has 0 aliphatic carbocycles. The normalized spacial score (nSPS) is 13.6. The van der Waals surface area contributed by atoms with Crippen molar-refractivity contribution in [3.05, 3.63) is 70.6 Å². The molecular formula is C18H15BrN4O2. The highest BCUT2D eigenvalue weighted by atomic mass is 79.9. The molecule has 1 aliphatic rings. The molecule has 0 fully saturated rings. The van der Waals surface area contributed by atoms with Crippen molar-refractivity contribution < 1.29 is 9.53 Å². The van der Waals surface area contributed by atoms with Gasteiger partial charge in [-0.1, -0.05) is 24.3 Å². The Labute approximate surface area is 153 Å². The molecule has 7 heteroatoms. The van der Waals surface area contributed by atoms with Crippen LogP contribution in [0.15, 0.2) is 59.2 Å². The van der Waals surface area contributed by atoms with Gasteiger partial charge in [0.05, 0.1) is 6.54 Å². The van der Waals surface area contributed by atoms with Crippen LogP contribution in [-0.4, -0.2) is 27.2 Å². The van der Waals surface area contributed by atoms with E-state index in [-0.39, 0.29) is 5.91 Å². The Bertz CT molecular complexity index is 910. The number of amides is 1. The van der Waals surface area contributed by atoms with E-state index in [0.717, 1.165) is 11.4 Å². The molecule has 6 nitrogen and oxygen atoms in total. The molecule has 2 aromatic heterocycles. The van der Waals surface area contributed by atoms with Crippen molar-refractivity contribution in [1.82, 2.24) is 14.8 Å². The molecule has 0 spiro atoms. The molecule has 0 unspecified atom stereocenters. The molecule has 1 aromatic carbocycles. The zero-order chi connectivity index (χ0) is 17.2. The maximum atomic E-state index is 12.8. The largest absolute Gasteiger partial charge is 0.487 e.